The van der Waals surface area contributed by atoms with Crippen molar-refractivity contribution in [3.05, 3.63) is 71.1 Å². The second-order valence-corrected chi connectivity index (χ2v) is 7.03. The van der Waals surface area contributed by atoms with Gasteiger partial charge in [0.05, 0.1) is 0 Å². The van der Waals surface area contributed by atoms with Crippen molar-refractivity contribution in [2.45, 2.75) is 46.5 Å². The van der Waals surface area contributed by atoms with Crippen LogP contribution in [0.1, 0.15) is 56.7 Å². The molecule has 0 saturated carbocycles. The maximum atomic E-state index is 2.43. The van der Waals surface area contributed by atoms with Gasteiger partial charge in [-0.3, -0.25) is 0 Å². The summed E-state index contributed by atoms with van der Waals surface area (Å²) in [6.45, 7) is 6.87. The monoisotopic (exact) mass is 303 g/mol. The third-order valence-corrected chi connectivity index (χ3v) is 4.55. The molecule has 3 rings (SSSR count). The number of fused-ring (bicyclic) bond motifs is 1. The van der Waals surface area contributed by atoms with Crippen molar-refractivity contribution in [3.8, 4) is 11.1 Å². The predicted molar refractivity (Wildman–Crippen MR) is 101 cm³/mol. The molecule has 0 spiro atoms. The smallest absolute Gasteiger partial charge is 0.0164 e. The van der Waals surface area contributed by atoms with E-state index in [1.807, 2.05) is 0 Å². The van der Waals surface area contributed by atoms with Crippen LogP contribution in [-0.4, -0.2) is 0 Å². The molecule has 0 N–H and O–H groups in total. The zero-order chi connectivity index (χ0) is 16.2. The van der Waals surface area contributed by atoms with Crippen LogP contribution < -0.4 is 0 Å². The maximum absolute atomic E-state index is 2.43. The van der Waals surface area contributed by atoms with Crippen LogP contribution >= 0.6 is 0 Å². The Morgan fingerprint density at radius 1 is 0.957 bits per heavy atom. The summed E-state index contributed by atoms with van der Waals surface area (Å²) in [5.41, 5.74) is 8.58. The Labute approximate surface area is 141 Å². The highest BCUT2D eigenvalue weighted by molar-refractivity contribution is 5.85. The Balaban J connectivity index is 2.07. The van der Waals surface area contributed by atoms with E-state index in [2.05, 4.69) is 75.7 Å². The minimum atomic E-state index is 0.671. The summed E-state index contributed by atoms with van der Waals surface area (Å²) in [6.07, 6.45) is 9.67. The van der Waals surface area contributed by atoms with E-state index in [9.17, 15) is 0 Å². The van der Waals surface area contributed by atoms with Gasteiger partial charge in [-0.2, -0.15) is 0 Å². The molecule has 0 amide bonds. The van der Waals surface area contributed by atoms with Gasteiger partial charge in [-0.25, -0.2) is 0 Å². The summed E-state index contributed by atoms with van der Waals surface area (Å²) in [6, 6.07) is 15.5. The maximum Gasteiger partial charge on any atom is 0.0164 e. The number of allylic oxidation sites excluding steroid dienone is 1. The third-order valence-electron chi connectivity index (χ3n) is 4.55. The van der Waals surface area contributed by atoms with Gasteiger partial charge in [-0.1, -0.05) is 81.3 Å². The van der Waals surface area contributed by atoms with Crippen molar-refractivity contribution >= 4 is 6.08 Å². The highest BCUT2D eigenvalue weighted by Crippen LogP contribution is 2.39. The number of unbranched alkanes of at least 4 members (excludes halogenated alkanes) is 1. The summed E-state index contributed by atoms with van der Waals surface area (Å²) in [5.74, 6) is 0.671. The highest BCUT2D eigenvalue weighted by atomic mass is 14.2. The predicted octanol–water partition coefficient (Wildman–Crippen LogP) is 6.69. The molecule has 1 radical (unpaired) electrons. The van der Waals surface area contributed by atoms with E-state index in [0.29, 0.717) is 5.92 Å². The van der Waals surface area contributed by atoms with E-state index in [1.165, 1.54) is 52.7 Å². The molecule has 0 heterocycles. The van der Waals surface area contributed by atoms with Crippen LogP contribution in [0.5, 0.6) is 0 Å². The molecule has 0 aromatic heterocycles. The molecule has 0 nitrogen and oxygen atoms in total. The fraction of sp³-hybridized carbons (Fsp3) is 0.348. The van der Waals surface area contributed by atoms with E-state index in [0.717, 1.165) is 6.42 Å². The largest absolute Gasteiger partial charge is 0.0654 e. The lowest BCUT2D eigenvalue weighted by molar-refractivity contribution is 0.648. The van der Waals surface area contributed by atoms with Gasteiger partial charge in [-0.15, -0.1) is 0 Å². The molecule has 0 heteroatoms. The Hall–Kier alpha value is -1.82. The molecule has 0 unspecified atom stereocenters. The normalized spacial score (nSPS) is 13.3. The van der Waals surface area contributed by atoms with E-state index >= 15 is 0 Å². The fourth-order valence-electron chi connectivity index (χ4n) is 3.47. The standard InChI is InChI=1S/C23H27/c1-4-5-9-18-15-20-12-13-21(14-17(2)3)23(22(20)16-18)19-10-7-6-8-11-19/h6-8,10-13,15-17H,4-5,9,14H2,1-3H3. The number of hydrogen-bond donors (Lipinski definition) is 0. The summed E-state index contributed by atoms with van der Waals surface area (Å²) in [7, 11) is 0. The van der Waals surface area contributed by atoms with Crippen LogP contribution in [0.4, 0.5) is 0 Å². The van der Waals surface area contributed by atoms with Crippen molar-refractivity contribution in [1.82, 2.24) is 0 Å². The summed E-state index contributed by atoms with van der Waals surface area (Å²) in [4.78, 5) is 0. The Morgan fingerprint density at radius 2 is 1.74 bits per heavy atom. The lowest BCUT2D eigenvalue weighted by atomic mass is 9.88. The minimum absolute atomic E-state index is 0.671. The first-order chi connectivity index (χ1) is 11.2. The Kier molecular flexibility index (Phi) is 5.00. The van der Waals surface area contributed by atoms with Crippen LogP contribution in [0, 0.1) is 12.3 Å². The Morgan fingerprint density at radius 3 is 2.43 bits per heavy atom. The van der Waals surface area contributed by atoms with Gasteiger partial charge in [0.15, 0.2) is 0 Å². The van der Waals surface area contributed by atoms with Gasteiger partial charge in [0.25, 0.3) is 0 Å². The molecule has 2 aromatic rings. The molecule has 0 bridgehead atoms. The van der Waals surface area contributed by atoms with Gasteiger partial charge in [0.1, 0.15) is 0 Å². The Bertz CT molecular complexity index is 689. The van der Waals surface area contributed by atoms with Crippen LogP contribution in [0.3, 0.4) is 0 Å². The summed E-state index contributed by atoms with van der Waals surface area (Å²) < 4.78 is 0. The first-order valence-electron chi connectivity index (χ1n) is 8.95. The number of benzene rings is 2. The molecule has 1 aliphatic rings. The molecular formula is C23H27. The summed E-state index contributed by atoms with van der Waals surface area (Å²) in [5, 5.41) is 0. The molecule has 1 aliphatic carbocycles. The van der Waals surface area contributed by atoms with E-state index < -0.39 is 0 Å². The quantitative estimate of drug-likeness (QED) is 0.557. The zero-order valence-electron chi connectivity index (χ0n) is 14.6. The molecular weight excluding hydrogens is 276 g/mol. The van der Waals surface area contributed by atoms with Crippen LogP contribution in [0.2, 0.25) is 0 Å². The average molecular weight is 303 g/mol. The van der Waals surface area contributed by atoms with Gasteiger partial charge >= 0.3 is 0 Å². The van der Waals surface area contributed by atoms with Crippen molar-refractivity contribution in [2.75, 3.05) is 0 Å². The van der Waals surface area contributed by atoms with Crippen LogP contribution in [0.15, 0.2) is 48.0 Å². The van der Waals surface area contributed by atoms with Crippen LogP contribution in [0.25, 0.3) is 17.2 Å². The highest BCUT2D eigenvalue weighted by Gasteiger charge is 2.20. The van der Waals surface area contributed by atoms with Crippen molar-refractivity contribution in [2.24, 2.45) is 5.92 Å². The lowest BCUT2D eigenvalue weighted by Crippen LogP contribution is -1.99. The molecule has 0 aliphatic heterocycles. The van der Waals surface area contributed by atoms with Gasteiger partial charge in [0.2, 0.25) is 0 Å². The fourth-order valence-corrected chi connectivity index (χ4v) is 3.47. The SMILES string of the molecule is CCCCC1=Cc2c(ccc(CC(C)C)c2-c2ccccc2)[CH]1. The molecule has 2 aromatic carbocycles. The molecule has 0 fully saturated rings. The third kappa shape index (κ3) is 3.58. The molecule has 0 saturated heterocycles. The van der Waals surface area contributed by atoms with Gasteiger partial charge in [0, 0.05) is 6.42 Å². The second kappa shape index (κ2) is 7.17. The van der Waals surface area contributed by atoms with Crippen LogP contribution in [-0.2, 0) is 6.42 Å². The molecule has 23 heavy (non-hydrogen) atoms. The zero-order valence-corrected chi connectivity index (χ0v) is 14.6. The molecule has 119 valence electrons. The van der Waals surface area contributed by atoms with Crippen molar-refractivity contribution in [1.29, 1.82) is 0 Å². The van der Waals surface area contributed by atoms with E-state index in [4.69, 9.17) is 0 Å². The van der Waals surface area contributed by atoms with E-state index in [-0.39, 0.29) is 0 Å². The van der Waals surface area contributed by atoms with Crippen molar-refractivity contribution in [3.63, 3.8) is 0 Å². The number of rotatable bonds is 6. The minimum Gasteiger partial charge on any atom is -0.0654 e. The lowest BCUT2D eigenvalue weighted by Gasteiger charge is -2.16. The first-order valence-corrected chi connectivity index (χ1v) is 8.95. The topological polar surface area (TPSA) is 0 Å². The first kappa shape index (κ1) is 16.1. The second-order valence-electron chi connectivity index (χ2n) is 7.03. The van der Waals surface area contributed by atoms with Gasteiger partial charge < -0.3 is 0 Å². The van der Waals surface area contributed by atoms with E-state index in [1.54, 1.807) is 0 Å². The van der Waals surface area contributed by atoms with Gasteiger partial charge in [-0.05, 0) is 53.0 Å². The molecule has 0 atom stereocenters. The summed E-state index contributed by atoms with van der Waals surface area (Å²) >= 11 is 0. The number of hydrogen-bond acceptors (Lipinski definition) is 0. The average Bonchev–Trinajstić information content (AvgIpc) is 2.96. The van der Waals surface area contributed by atoms with Crippen molar-refractivity contribution < 1.29 is 0 Å².